The molecule has 1 aromatic heterocycles. The molecule has 0 bridgehead atoms. The molecule has 0 spiro atoms. The van der Waals surface area contributed by atoms with Crippen LogP contribution in [0.15, 0.2) is 22.8 Å². The van der Waals surface area contributed by atoms with Gasteiger partial charge in [0.15, 0.2) is 0 Å². The van der Waals surface area contributed by atoms with E-state index in [9.17, 15) is 0 Å². The summed E-state index contributed by atoms with van der Waals surface area (Å²) in [7, 11) is 0. The molecule has 1 atom stereocenters. The van der Waals surface area contributed by atoms with Crippen molar-refractivity contribution < 1.29 is 4.63 Å². The van der Waals surface area contributed by atoms with Crippen LogP contribution in [0.2, 0.25) is 0 Å². The molecule has 3 nitrogen and oxygen atoms in total. The predicted molar refractivity (Wildman–Crippen MR) is 50.5 cm³/mol. The zero-order chi connectivity index (χ0) is 9.26. The first kappa shape index (κ1) is 8.23. The number of hydrogen-bond acceptors (Lipinski definition) is 3. The molecule has 0 N–H and O–H groups in total. The van der Waals surface area contributed by atoms with Crippen LogP contribution in [0.1, 0.15) is 31.7 Å². The van der Waals surface area contributed by atoms with Crippen molar-refractivity contribution >= 4 is 11.0 Å². The van der Waals surface area contributed by atoms with Gasteiger partial charge in [0.05, 0.1) is 0 Å². The maximum absolute atomic E-state index is 4.63. The van der Waals surface area contributed by atoms with Gasteiger partial charge in [-0.2, -0.15) is 0 Å². The second-order valence-corrected chi connectivity index (χ2v) is 3.32. The zero-order valence-electron chi connectivity index (χ0n) is 7.82. The van der Waals surface area contributed by atoms with Crippen molar-refractivity contribution in [3.05, 3.63) is 23.8 Å². The Kier molecular flexibility index (Phi) is 2.00. The third-order valence-corrected chi connectivity index (χ3v) is 2.46. The summed E-state index contributed by atoms with van der Waals surface area (Å²) in [5.41, 5.74) is 2.97. The Labute approximate surface area is 76.7 Å². The minimum Gasteiger partial charge on any atom is -0.243 e. The van der Waals surface area contributed by atoms with Crippen LogP contribution in [0.3, 0.4) is 0 Å². The Bertz CT molecular complexity index is 408. The van der Waals surface area contributed by atoms with E-state index in [1.54, 1.807) is 0 Å². The summed E-state index contributed by atoms with van der Waals surface area (Å²) in [6.07, 6.45) is 1.14. The van der Waals surface area contributed by atoms with Gasteiger partial charge in [-0.3, -0.25) is 0 Å². The molecule has 0 amide bonds. The predicted octanol–water partition coefficient (Wildman–Crippen LogP) is 2.74. The fourth-order valence-corrected chi connectivity index (χ4v) is 1.34. The molecule has 1 aromatic carbocycles. The Morgan fingerprint density at radius 3 is 2.85 bits per heavy atom. The number of hydrogen-bond donors (Lipinski definition) is 0. The Balaban J connectivity index is 2.48. The fraction of sp³-hybridized carbons (Fsp3) is 0.400. The molecule has 2 rings (SSSR count). The van der Waals surface area contributed by atoms with E-state index in [0.717, 1.165) is 17.5 Å². The van der Waals surface area contributed by atoms with E-state index in [1.807, 2.05) is 12.1 Å². The molecule has 1 unspecified atom stereocenters. The molecular formula is C10H12N2O. The van der Waals surface area contributed by atoms with Crippen molar-refractivity contribution in [2.24, 2.45) is 0 Å². The van der Waals surface area contributed by atoms with Gasteiger partial charge in [-0.1, -0.05) is 19.9 Å². The summed E-state index contributed by atoms with van der Waals surface area (Å²) in [6.45, 7) is 4.38. The molecule has 3 heteroatoms. The molecular weight excluding hydrogens is 164 g/mol. The third-order valence-electron chi connectivity index (χ3n) is 2.46. The van der Waals surface area contributed by atoms with Gasteiger partial charge >= 0.3 is 0 Å². The lowest BCUT2D eigenvalue weighted by Gasteiger charge is -2.06. The number of rotatable bonds is 2. The van der Waals surface area contributed by atoms with Crippen LogP contribution in [-0.2, 0) is 0 Å². The van der Waals surface area contributed by atoms with Gasteiger partial charge in [0.1, 0.15) is 11.0 Å². The van der Waals surface area contributed by atoms with Crippen molar-refractivity contribution in [2.45, 2.75) is 26.2 Å². The van der Waals surface area contributed by atoms with Gasteiger partial charge in [0.25, 0.3) is 0 Å². The first-order valence-corrected chi connectivity index (χ1v) is 4.53. The summed E-state index contributed by atoms with van der Waals surface area (Å²) >= 11 is 0. The van der Waals surface area contributed by atoms with Crippen LogP contribution < -0.4 is 0 Å². The Hall–Kier alpha value is -1.38. The smallest absolute Gasteiger partial charge is 0.135 e. The highest BCUT2D eigenvalue weighted by atomic mass is 16.6. The number of nitrogens with zero attached hydrogens (tertiary/aromatic N) is 2. The lowest BCUT2D eigenvalue weighted by Crippen LogP contribution is -1.90. The van der Waals surface area contributed by atoms with Crippen LogP contribution in [0, 0.1) is 0 Å². The molecule has 0 saturated carbocycles. The second kappa shape index (κ2) is 3.17. The van der Waals surface area contributed by atoms with Gasteiger partial charge in [-0.15, -0.1) is 0 Å². The van der Waals surface area contributed by atoms with Gasteiger partial charge in [0, 0.05) is 0 Å². The van der Waals surface area contributed by atoms with Crippen molar-refractivity contribution in [1.29, 1.82) is 0 Å². The summed E-state index contributed by atoms with van der Waals surface area (Å²) in [5, 5.41) is 7.57. The summed E-state index contributed by atoms with van der Waals surface area (Å²) < 4.78 is 4.63. The first-order chi connectivity index (χ1) is 6.31. The highest BCUT2D eigenvalue weighted by molar-refractivity contribution is 5.73. The SMILES string of the molecule is CCC(C)c1ccc2nonc2c1. The van der Waals surface area contributed by atoms with Crippen LogP contribution >= 0.6 is 0 Å². The number of fused-ring (bicyclic) bond motifs is 1. The molecule has 0 aliphatic heterocycles. The Morgan fingerprint density at radius 1 is 1.31 bits per heavy atom. The second-order valence-electron chi connectivity index (χ2n) is 3.32. The van der Waals surface area contributed by atoms with E-state index < -0.39 is 0 Å². The van der Waals surface area contributed by atoms with Crippen molar-refractivity contribution in [3.63, 3.8) is 0 Å². The topological polar surface area (TPSA) is 38.9 Å². The highest BCUT2D eigenvalue weighted by Gasteiger charge is 2.05. The lowest BCUT2D eigenvalue weighted by atomic mass is 9.98. The van der Waals surface area contributed by atoms with E-state index in [1.165, 1.54) is 5.56 Å². The average Bonchev–Trinajstić information content (AvgIpc) is 2.63. The highest BCUT2D eigenvalue weighted by Crippen LogP contribution is 2.21. The maximum atomic E-state index is 4.63. The largest absolute Gasteiger partial charge is 0.243 e. The summed E-state index contributed by atoms with van der Waals surface area (Å²) in [5.74, 6) is 0.570. The molecule has 13 heavy (non-hydrogen) atoms. The van der Waals surface area contributed by atoms with E-state index >= 15 is 0 Å². The van der Waals surface area contributed by atoms with Crippen molar-refractivity contribution in [2.75, 3.05) is 0 Å². The van der Waals surface area contributed by atoms with Crippen LogP contribution in [-0.4, -0.2) is 10.3 Å². The van der Waals surface area contributed by atoms with Crippen LogP contribution in [0.25, 0.3) is 11.0 Å². The van der Waals surface area contributed by atoms with Crippen molar-refractivity contribution in [3.8, 4) is 0 Å². The van der Waals surface area contributed by atoms with E-state index in [2.05, 4.69) is 34.9 Å². The monoisotopic (exact) mass is 176 g/mol. The summed E-state index contributed by atoms with van der Waals surface area (Å²) in [6, 6.07) is 6.08. The molecule has 0 radical (unpaired) electrons. The zero-order valence-corrected chi connectivity index (χ0v) is 7.82. The normalized spacial score (nSPS) is 13.4. The van der Waals surface area contributed by atoms with Crippen LogP contribution in [0.4, 0.5) is 0 Å². The maximum Gasteiger partial charge on any atom is 0.135 e. The first-order valence-electron chi connectivity index (χ1n) is 4.53. The summed E-state index contributed by atoms with van der Waals surface area (Å²) in [4.78, 5) is 0. The number of aromatic nitrogens is 2. The quantitative estimate of drug-likeness (QED) is 0.706. The Morgan fingerprint density at radius 2 is 2.08 bits per heavy atom. The van der Waals surface area contributed by atoms with Gasteiger partial charge in [-0.05, 0) is 40.3 Å². The fourth-order valence-electron chi connectivity index (χ4n) is 1.34. The lowest BCUT2D eigenvalue weighted by molar-refractivity contribution is 0.315. The average molecular weight is 176 g/mol. The third kappa shape index (κ3) is 1.41. The minimum atomic E-state index is 0.570. The van der Waals surface area contributed by atoms with E-state index in [0.29, 0.717) is 5.92 Å². The molecule has 0 fully saturated rings. The molecule has 0 aliphatic rings. The van der Waals surface area contributed by atoms with E-state index in [4.69, 9.17) is 0 Å². The molecule has 2 aromatic rings. The molecule has 0 saturated heterocycles. The minimum absolute atomic E-state index is 0.570. The number of benzene rings is 1. The standard InChI is InChI=1S/C10H12N2O/c1-3-7(2)8-4-5-9-10(6-8)12-13-11-9/h4-7H,3H2,1-2H3. The van der Waals surface area contributed by atoms with E-state index in [-0.39, 0.29) is 0 Å². The molecule has 1 heterocycles. The molecule has 68 valence electrons. The molecule has 0 aliphatic carbocycles. The van der Waals surface area contributed by atoms with Gasteiger partial charge in [0.2, 0.25) is 0 Å². The van der Waals surface area contributed by atoms with Crippen molar-refractivity contribution in [1.82, 2.24) is 10.3 Å². The van der Waals surface area contributed by atoms with Gasteiger partial charge < -0.3 is 0 Å². The van der Waals surface area contributed by atoms with Gasteiger partial charge in [-0.25, -0.2) is 4.63 Å². The van der Waals surface area contributed by atoms with Crippen LogP contribution in [0.5, 0.6) is 0 Å².